The molecule has 0 atom stereocenters. The Morgan fingerprint density at radius 1 is 1.37 bits per heavy atom. The highest BCUT2D eigenvalue weighted by atomic mass is 127. The first-order valence-corrected chi connectivity index (χ1v) is 6.51. The summed E-state index contributed by atoms with van der Waals surface area (Å²) >= 11 is 1.93. The van der Waals surface area contributed by atoms with Gasteiger partial charge in [-0.2, -0.15) is 0 Å². The quantitative estimate of drug-likeness (QED) is 0.610. The number of nitrogens with zero attached hydrogens (tertiary/aromatic N) is 1. The lowest BCUT2D eigenvalue weighted by Gasteiger charge is -2.13. The monoisotopic (exact) mass is 376 g/mol. The minimum Gasteiger partial charge on any atom is -0.395 e. The van der Waals surface area contributed by atoms with E-state index in [1.807, 2.05) is 22.6 Å². The Kier molecular flexibility index (Phi) is 4.15. The van der Waals surface area contributed by atoms with Gasteiger partial charge in [-0.25, -0.2) is 4.39 Å². The van der Waals surface area contributed by atoms with Crippen LogP contribution in [-0.2, 0) is 9.59 Å². The highest BCUT2D eigenvalue weighted by Crippen LogP contribution is 2.23. The van der Waals surface area contributed by atoms with Gasteiger partial charge < -0.3 is 10.4 Å². The van der Waals surface area contributed by atoms with Gasteiger partial charge in [0.15, 0.2) is 0 Å². The van der Waals surface area contributed by atoms with Crippen LogP contribution in [0.5, 0.6) is 0 Å². The standard InChI is InChI=1S/C12H10FIN2O3/c13-7-1-2-9(8(14)5-7)15-10-6-11(18)16(3-4-17)12(10)19/h1-2,5-6,15,17H,3-4H2. The van der Waals surface area contributed by atoms with E-state index in [1.165, 1.54) is 18.2 Å². The van der Waals surface area contributed by atoms with E-state index in [4.69, 9.17) is 5.11 Å². The molecule has 0 saturated heterocycles. The summed E-state index contributed by atoms with van der Waals surface area (Å²) in [5.74, 6) is -1.35. The molecule has 7 heteroatoms. The number of carbonyl (C=O) groups excluding carboxylic acids is 2. The van der Waals surface area contributed by atoms with Crippen LogP contribution in [0.15, 0.2) is 30.0 Å². The van der Waals surface area contributed by atoms with E-state index in [9.17, 15) is 14.0 Å². The summed E-state index contributed by atoms with van der Waals surface area (Å²) in [5.41, 5.74) is 0.656. The number of halogens is 2. The molecular weight excluding hydrogens is 366 g/mol. The van der Waals surface area contributed by atoms with Gasteiger partial charge >= 0.3 is 0 Å². The Hall–Kier alpha value is -1.48. The molecule has 0 spiro atoms. The summed E-state index contributed by atoms with van der Waals surface area (Å²) in [6.45, 7) is -0.327. The van der Waals surface area contributed by atoms with Crippen molar-refractivity contribution in [3.8, 4) is 0 Å². The van der Waals surface area contributed by atoms with Gasteiger partial charge in [0.2, 0.25) is 0 Å². The number of imide groups is 1. The lowest BCUT2D eigenvalue weighted by Crippen LogP contribution is -2.34. The molecule has 1 aliphatic heterocycles. The molecule has 1 aromatic carbocycles. The fourth-order valence-electron chi connectivity index (χ4n) is 1.65. The number of hydrogen-bond acceptors (Lipinski definition) is 4. The Labute approximate surface area is 122 Å². The predicted octanol–water partition coefficient (Wildman–Crippen LogP) is 1.09. The van der Waals surface area contributed by atoms with Crippen LogP contribution in [0.1, 0.15) is 0 Å². The average molecular weight is 376 g/mol. The summed E-state index contributed by atoms with van der Waals surface area (Å²) in [5, 5.41) is 11.6. The zero-order valence-corrected chi connectivity index (χ0v) is 11.8. The highest BCUT2D eigenvalue weighted by molar-refractivity contribution is 14.1. The lowest BCUT2D eigenvalue weighted by molar-refractivity contribution is -0.137. The fourth-order valence-corrected chi connectivity index (χ4v) is 2.26. The molecule has 1 aromatic rings. The van der Waals surface area contributed by atoms with Gasteiger partial charge in [0.05, 0.1) is 18.8 Å². The van der Waals surface area contributed by atoms with Crippen molar-refractivity contribution in [2.75, 3.05) is 18.5 Å². The van der Waals surface area contributed by atoms with Gasteiger partial charge in [0.1, 0.15) is 11.5 Å². The van der Waals surface area contributed by atoms with Crippen molar-refractivity contribution < 1.29 is 19.1 Å². The molecule has 100 valence electrons. The van der Waals surface area contributed by atoms with Crippen LogP contribution in [0.4, 0.5) is 10.1 Å². The third-order valence-corrected chi connectivity index (χ3v) is 3.43. The van der Waals surface area contributed by atoms with E-state index < -0.39 is 11.8 Å². The number of β-amino-alcohol motifs (C(OH)–C–C–N with tert-alkyl or cyclic N) is 1. The summed E-state index contributed by atoms with van der Waals surface area (Å²) in [6, 6.07) is 4.07. The van der Waals surface area contributed by atoms with E-state index in [1.54, 1.807) is 0 Å². The van der Waals surface area contributed by atoms with E-state index in [0.29, 0.717) is 9.26 Å². The minimum atomic E-state index is -0.501. The number of aliphatic hydroxyl groups is 1. The normalized spacial score (nSPS) is 14.9. The summed E-state index contributed by atoms with van der Waals surface area (Å²) in [4.78, 5) is 24.3. The molecule has 0 radical (unpaired) electrons. The van der Waals surface area contributed by atoms with Crippen molar-refractivity contribution in [2.24, 2.45) is 0 Å². The maximum atomic E-state index is 13.0. The Morgan fingerprint density at radius 2 is 2.11 bits per heavy atom. The Morgan fingerprint density at radius 3 is 2.74 bits per heavy atom. The number of nitrogens with one attached hydrogen (secondary N) is 1. The van der Waals surface area contributed by atoms with Crippen molar-refractivity contribution in [3.05, 3.63) is 39.4 Å². The lowest BCUT2D eigenvalue weighted by atomic mass is 10.3. The van der Waals surface area contributed by atoms with Crippen LogP contribution in [-0.4, -0.2) is 35.0 Å². The number of amides is 2. The second-order valence-corrected chi connectivity index (χ2v) is 4.99. The summed E-state index contributed by atoms with van der Waals surface area (Å²) in [6.07, 6.45) is 1.16. The van der Waals surface area contributed by atoms with Gasteiger partial charge in [-0.15, -0.1) is 0 Å². The summed E-state index contributed by atoms with van der Waals surface area (Å²) in [7, 11) is 0. The second-order valence-electron chi connectivity index (χ2n) is 3.83. The maximum Gasteiger partial charge on any atom is 0.277 e. The van der Waals surface area contributed by atoms with E-state index in [0.717, 1.165) is 11.0 Å². The van der Waals surface area contributed by atoms with Gasteiger partial charge in [0.25, 0.3) is 11.8 Å². The number of aliphatic hydroxyl groups excluding tert-OH is 1. The van der Waals surface area contributed by atoms with Gasteiger partial charge in [-0.05, 0) is 40.8 Å². The van der Waals surface area contributed by atoms with E-state index >= 15 is 0 Å². The molecule has 0 fully saturated rings. The molecule has 5 nitrogen and oxygen atoms in total. The molecule has 1 aliphatic rings. The summed E-state index contributed by atoms with van der Waals surface area (Å²) < 4.78 is 13.6. The van der Waals surface area contributed by atoms with Crippen molar-refractivity contribution >= 4 is 40.1 Å². The van der Waals surface area contributed by atoms with Crippen LogP contribution in [0.25, 0.3) is 0 Å². The van der Waals surface area contributed by atoms with Gasteiger partial charge in [-0.3, -0.25) is 14.5 Å². The molecule has 0 saturated carbocycles. The molecule has 0 bridgehead atoms. The smallest absolute Gasteiger partial charge is 0.277 e. The number of rotatable bonds is 4. The first-order valence-electron chi connectivity index (χ1n) is 5.43. The zero-order valence-electron chi connectivity index (χ0n) is 9.69. The zero-order chi connectivity index (χ0) is 14.0. The topological polar surface area (TPSA) is 69.6 Å². The molecule has 0 aromatic heterocycles. The van der Waals surface area contributed by atoms with E-state index in [2.05, 4.69) is 5.32 Å². The molecule has 2 rings (SSSR count). The van der Waals surface area contributed by atoms with Gasteiger partial charge in [-0.1, -0.05) is 0 Å². The van der Waals surface area contributed by atoms with Gasteiger partial charge in [0, 0.05) is 9.65 Å². The second kappa shape index (κ2) is 5.66. The van der Waals surface area contributed by atoms with Crippen LogP contribution >= 0.6 is 22.6 Å². The number of hydrogen-bond donors (Lipinski definition) is 2. The van der Waals surface area contributed by atoms with Crippen molar-refractivity contribution in [3.63, 3.8) is 0 Å². The predicted molar refractivity (Wildman–Crippen MR) is 74.6 cm³/mol. The van der Waals surface area contributed by atoms with Crippen LogP contribution in [0.3, 0.4) is 0 Å². The minimum absolute atomic E-state index is 0.0418. The maximum absolute atomic E-state index is 13.0. The van der Waals surface area contributed by atoms with Crippen LogP contribution in [0.2, 0.25) is 0 Å². The third-order valence-electron chi connectivity index (χ3n) is 2.53. The number of benzene rings is 1. The Bertz CT molecular complexity index is 574. The first kappa shape index (κ1) is 13.9. The Balaban J connectivity index is 2.18. The van der Waals surface area contributed by atoms with Crippen LogP contribution < -0.4 is 5.32 Å². The number of carbonyl (C=O) groups is 2. The largest absolute Gasteiger partial charge is 0.395 e. The fraction of sp³-hybridized carbons (Fsp3) is 0.167. The van der Waals surface area contributed by atoms with Crippen molar-refractivity contribution in [1.82, 2.24) is 4.90 Å². The molecule has 19 heavy (non-hydrogen) atoms. The molecule has 2 amide bonds. The van der Waals surface area contributed by atoms with Crippen LogP contribution in [0, 0.1) is 9.39 Å². The first-order chi connectivity index (χ1) is 9.02. The molecule has 0 unspecified atom stereocenters. The van der Waals surface area contributed by atoms with Crippen molar-refractivity contribution in [1.29, 1.82) is 0 Å². The van der Waals surface area contributed by atoms with Crippen molar-refractivity contribution in [2.45, 2.75) is 0 Å². The molecular formula is C12H10FIN2O3. The van der Waals surface area contributed by atoms with E-state index in [-0.39, 0.29) is 24.7 Å². The highest BCUT2D eigenvalue weighted by Gasteiger charge is 2.30. The number of anilines is 1. The SMILES string of the molecule is O=C1C=C(Nc2ccc(F)cc2I)C(=O)N1CCO. The molecule has 0 aliphatic carbocycles. The molecule has 1 heterocycles. The average Bonchev–Trinajstić information content (AvgIpc) is 2.61. The molecule has 2 N–H and O–H groups in total. The third kappa shape index (κ3) is 2.92.